The summed E-state index contributed by atoms with van der Waals surface area (Å²) in [4.78, 5) is 0. The van der Waals surface area contributed by atoms with Gasteiger partial charge in [-0.3, -0.25) is 0 Å². The van der Waals surface area contributed by atoms with Crippen molar-refractivity contribution in [2.24, 2.45) is 0 Å². The van der Waals surface area contributed by atoms with Gasteiger partial charge in [0.15, 0.2) is 6.29 Å². The highest BCUT2D eigenvalue weighted by atomic mass is 35.5. The second kappa shape index (κ2) is 3.02. The zero-order valence-electron chi connectivity index (χ0n) is 5.14. The second-order valence-electron chi connectivity index (χ2n) is 2.23. The van der Waals surface area contributed by atoms with Crippen molar-refractivity contribution in [3.05, 3.63) is 0 Å². The molecule has 4 atom stereocenters. The minimum atomic E-state index is -1.27. The largest absolute Gasteiger partial charge is 0.389 e. The molecule has 4 nitrogen and oxygen atoms in total. The Morgan fingerprint density at radius 3 is 2.40 bits per heavy atom. The third-order valence-corrected chi connectivity index (χ3v) is 1.97. The van der Waals surface area contributed by atoms with Crippen LogP contribution in [0.5, 0.6) is 0 Å². The molecule has 60 valence electrons. The van der Waals surface area contributed by atoms with Gasteiger partial charge in [0.1, 0.15) is 6.10 Å². The molecular weight excluding hydrogens is 160 g/mol. The normalized spacial score (nSPS) is 49.2. The van der Waals surface area contributed by atoms with Crippen LogP contribution in [0, 0.1) is 0 Å². The molecule has 1 aliphatic rings. The lowest BCUT2D eigenvalue weighted by Gasteiger charge is -2.31. The van der Waals surface area contributed by atoms with E-state index in [-0.39, 0.29) is 6.61 Å². The van der Waals surface area contributed by atoms with Gasteiger partial charge in [0.05, 0.1) is 18.1 Å². The Bertz CT molecular complexity index is 106. The van der Waals surface area contributed by atoms with E-state index >= 15 is 0 Å². The molecule has 3 N–H and O–H groups in total. The highest BCUT2D eigenvalue weighted by Crippen LogP contribution is 2.18. The third-order valence-electron chi connectivity index (χ3n) is 1.42. The molecule has 0 aromatic rings. The average molecular weight is 169 g/mol. The Labute approximate surface area is 63.0 Å². The van der Waals surface area contributed by atoms with Crippen molar-refractivity contribution in [1.29, 1.82) is 0 Å². The first-order valence-corrected chi connectivity index (χ1v) is 3.36. The van der Waals surface area contributed by atoms with Crippen LogP contribution < -0.4 is 0 Å². The minimum absolute atomic E-state index is 0.0353. The fraction of sp³-hybridized carbons (Fsp3) is 1.00. The van der Waals surface area contributed by atoms with Crippen LogP contribution in [0.25, 0.3) is 0 Å². The molecule has 1 saturated heterocycles. The molecule has 1 heterocycles. The van der Waals surface area contributed by atoms with Crippen molar-refractivity contribution < 1.29 is 20.1 Å². The molecule has 0 saturated carbocycles. The van der Waals surface area contributed by atoms with E-state index in [0.717, 1.165) is 0 Å². The van der Waals surface area contributed by atoms with Crippen LogP contribution in [0.15, 0.2) is 0 Å². The molecule has 0 aliphatic carbocycles. The number of ether oxygens (including phenoxy) is 1. The topological polar surface area (TPSA) is 69.9 Å². The third kappa shape index (κ3) is 1.41. The van der Waals surface area contributed by atoms with Crippen LogP contribution in [0.3, 0.4) is 0 Å². The van der Waals surface area contributed by atoms with E-state index in [1.165, 1.54) is 0 Å². The summed E-state index contributed by atoms with van der Waals surface area (Å²) in [5, 5.41) is 25.8. The van der Waals surface area contributed by atoms with Gasteiger partial charge < -0.3 is 20.1 Å². The Balaban J connectivity index is 2.52. The van der Waals surface area contributed by atoms with Crippen LogP contribution in [0.2, 0.25) is 0 Å². The lowest BCUT2D eigenvalue weighted by atomic mass is 10.1. The monoisotopic (exact) mass is 168 g/mol. The fourth-order valence-electron chi connectivity index (χ4n) is 0.773. The first-order chi connectivity index (χ1) is 4.63. The quantitative estimate of drug-likeness (QED) is 0.392. The summed E-state index contributed by atoms with van der Waals surface area (Å²) < 4.78 is 4.54. The van der Waals surface area contributed by atoms with Gasteiger partial charge in [0.2, 0.25) is 0 Å². The van der Waals surface area contributed by atoms with Crippen molar-refractivity contribution in [2.45, 2.75) is 23.9 Å². The maximum Gasteiger partial charge on any atom is 0.182 e. The number of halogens is 1. The number of hydrogen-bond donors (Lipinski definition) is 3. The van der Waals surface area contributed by atoms with Crippen LogP contribution >= 0.6 is 11.6 Å². The van der Waals surface area contributed by atoms with E-state index < -0.39 is 23.9 Å². The van der Waals surface area contributed by atoms with Gasteiger partial charge in [0, 0.05) is 0 Å². The van der Waals surface area contributed by atoms with Crippen molar-refractivity contribution in [2.75, 3.05) is 6.61 Å². The van der Waals surface area contributed by atoms with Crippen LogP contribution in [0.1, 0.15) is 0 Å². The van der Waals surface area contributed by atoms with Gasteiger partial charge in [-0.05, 0) is 0 Å². The highest BCUT2D eigenvalue weighted by molar-refractivity contribution is 6.21. The van der Waals surface area contributed by atoms with Gasteiger partial charge in [-0.1, -0.05) is 0 Å². The van der Waals surface area contributed by atoms with Gasteiger partial charge in [0.25, 0.3) is 0 Å². The Morgan fingerprint density at radius 2 is 1.90 bits per heavy atom. The average Bonchev–Trinajstić information content (AvgIpc) is 1.93. The standard InChI is InChI=1S/C5H9ClO4/c6-3-2(7)1-10-5(9)4(3)8/h2-5,7-9H,1H2/t2-,3+,4-,5+/m1/s1. The van der Waals surface area contributed by atoms with Crippen molar-refractivity contribution in [3.8, 4) is 0 Å². The summed E-state index contributed by atoms with van der Waals surface area (Å²) in [5.74, 6) is 0. The van der Waals surface area contributed by atoms with E-state index in [1.54, 1.807) is 0 Å². The van der Waals surface area contributed by atoms with E-state index in [4.69, 9.17) is 26.9 Å². The first-order valence-electron chi connectivity index (χ1n) is 2.93. The van der Waals surface area contributed by atoms with Crippen molar-refractivity contribution in [1.82, 2.24) is 0 Å². The fourth-order valence-corrected chi connectivity index (χ4v) is 0.970. The Morgan fingerprint density at radius 1 is 1.30 bits per heavy atom. The molecule has 1 fully saturated rings. The lowest BCUT2D eigenvalue weighted by Crippen LogP contribution is -2.50. The minimum Gasteiger partial charge on any atom is -0.389 e. The number of rotatable bonds is 0. The smallest absolute Gasteiger partial charge is 0.182 e. The molecule has 0 amide bonds. The molecule has 0 unspecified atom stereocenters. The first kappa shape index (κ1) is 8.23. The number of alkyl halides is 1. The van der Waals surface area contributed by atoms with Crippen LogP contribution in [-0.2, 0) is 4.74 Å². The van der Waals surface area contributed by atoms with Gasteiger partial charge >= 0.3 is 0 Å². The van der Waals surface area contributed by atoms with E-state index in [9.17, 15) is 0 Å². The molecule has 10 heavy (non-hydrogen) atoms. The van der Waals surface area contributed by atoms with E-state index in [1.807, 2.05) is 0 Å². The number of aliphatic hydroxyl groups is 3. The molecule has 0 bridgehead atoms. The van der Waals surface area contributed by atoms with Crippen LogP contribution in [-0.4, -0.2) is 45.8 Å². The van der Waals surface area contributed by atoms with E-state index in [2.05, 4.69) is 4.74 Å². The van der Waals surface area contributed by atoms with Gasteiger partial charge in [-0.2, -0.15) is 0 Å². The zero-order valence-corrected chi connectivity index (χ0v) is 5.90. The maximum absolute atomic E-state index is 8.95. The Kier molecular flexibility index (Phi) is 2.49. The summed E-state index contributed by atoms with van der Waals surface area (Å²) >= 11 is 5.47. The van der Waals surface area contributed by atoms with Crippen molar-refractivity contribution >= 4 is 11.6 Å². The van der Waals surface area contributed by atoms with E-state index in [0.29, 0.717) is 0 Å². The second-order valence-corrected chi connectivity index (χ2v) is 2.73. The molecule has 5 heteroatoms. The lowest BCUT2D eigenvalue weighted by molar-refractivity contribution is -0.209. The number of hydrogen-bond acceptors (Lipinski definition) is 4. The molecule has 0 spiro atoms. The predicted octanol–water partition coefficient (Wildman–Crippen LogP) is -1.34. The summed E-state index contributed by atoms with van der Waals surface area (Å²) in [5.41, 5.74) is 0. The summed E-state index contributed by atoms with van der Waals surface area (Å²) in [6.07, 6.45) is -3.38. The molecule has 1 rings (SSSR count). The molecule has 1 aliphatic heterocycles. The Hall–Kier alpha value is 0.130. The zero-order chi connectivity index (χ0) is 7.72. The van der Waals surface area contributed by atoms with Gasteiger partial charge in [-0.25, -0.2) is 0 Å². The molecule has 0 aromatic carbocycles. The molecule has 0 aromatic heterocycles. The van der Waals surface area contributed by atoms with Gasteiger partial charge in [-0.15, -0.1) is 11.6 Å². The predicted molar refractivity (Wildman–Crippen MR) is 33.6 cm³/mol. The highest BCUT2D eigenvalue weighted by Gasteiger charge is 2.36. The summed E-state index contributed by atoms with van der Waals surface area (Å²) in [7, 11) is 0. The van der Waals surface area contributed by atoms with Crippen molar-refractivity contribution in [3.63, 3.8) is 0 Å². The summed E-state index contributed by atoms with van der Waals surface area (Å²) in [6.45, 7) is -0.0353. The molecule has 0 radical (unpaired) electrons. The SMILES string of the molecule is O[C@@H]1[C@@H](Cl)[C@H](O)CO[C@@H]1O. The number of aliphatic hydroxyl groups excluding tert-OH is 3. The molecular formula is C5H9ClO4. The maximum atomic E-state index is 8.95. The van der Waals surface area contributed by atoms with Crippen LogP contribution in [0.4, 0.5) is 0 Å². The summed E-state index contributed by atoms with van der Waals surface area (Å²) in [6, 6.07) is 0.